The van der Waals surface area contributed by atoms with Crippen LogP contribution in [0.2, 0.25) is 5.02 Å². The van der Waals surface area contributed by atoms with Gasteiger partial charge in [-0.25, -0.2) is 4.98 Å². The maximum atomic E-state index is 12.1. The van der Waals surface area contributed by atoms with Crippen LogP contribution in [0.25, 0.3) is 11.1 Å². The molecule has 0 saturated heterocycles. The molecule has 0 amide bonds. The van der Waals surface area contributed by atoms with Crippen molar-refractivity contribution in [1.82, 2.24) is 4.98 Å². The fourth-order valence-corrected chi connectivity index (χ4v) is 2.47. The van der Waals surface area contributed by atoms with Gasteiger partial charge in [-0.3, -0.25) is 9.59 Å². The van der Waals surface area contributed by atoms with E-state index in [1.807, 2.05) is 0 Å². The van der Waals surface area contributed by atoms with Crippen LogP contribution in [0.4, 0.5) is 0 Å². The number of carboxylic acids is 1. The molecule has 1 saturated carbocycles. The Bertz CT molecular complexity index is 706. The van der Waals surface area contributed by atoms with Crippen molar-refractivity contribution in [3.8, 4) is 0 Å². The highest BCUT2D eigenvalue weighted by atomic mass is 35.5. The van der Waals surface area contributed by atoms with Gasteiger partial charge in [-0.2, -0.15) is 0 Å². The molecule has 2 aromatic rings. The Morgan fingerprint density at radius 3 is 2.79 bits per heavy atom. The van der Waals surface area contributed by atoms with E-state index in [1.165, 1.54) is 6.07 Å². The monoisotopic (exact) mass is 279 g/mol. The fraction of sp³-hybridized carbons (Fsp3) is 0.308. The van der Waals surface area contributed by atoms with Gasteiger partial charge in [-0.15, -0.1) is 0 Å². The number of nitrogens with zero attached hydrogens (tertiary/aromatic N) is 1. The second-order valence-electron chi connectivity index (χ2n) is 4.69. The summed E-state index contributed by atoms with van der Waals surface area (Å²) in [6, 6.07) is 3.10. The van der Waals surface area contributed by atoms with E-state index in [1.54, 1.807) is 13.0 Å². The van der Waals surface area contributed by atoms with Gasteiger partial charge in [0, 0.05) is 18.4 Å². The van der Waals surface area contributed by atoms with E-state index >= 15 is 0 Å². The molecular weight excluding hydrogens is 270 g/mol. The van der Waals surface area contributed by atoms with E-state index in [0.29, 0.717) is 34.0 Å². The zero-order chi connectivity index (χ0) is 13.7. The number of oxazole rings is 1. The number of benzene rings is 1. The molecule has 5 nitrogen and oxygen atoms in total. The van der Waals surface area contributed by atoms with E-state index in [0.717, 1.165) is 0 Å². The summed E-state index contributed by atoms with van der Waals surface area (Å²) in [5.74, 6) is -1.67. The molecular formula is C13H10ClNO4. The van der Waals surface area contributed by atoms with Crippen LogP contribution in [-0.2, 0) is 4.79 Å². The number of halogens is 1. The Labute approximate surface area is 113 Å². The van der Waals surface area contributed by atoms with Gasteiger partial charge in [-0.1, -0.05) is 11.6 Å². The van der Waals surface area contributed by atoms with E-state index in [2.05, 4.69) is 4.98 Å². The van der Waals surface area contributed by atoms with Crippen molar-refractivity contribution in [3.63, 3.8) is 0 Å². The summed E-state index contributed by atoms with van der Waals surface area (Å²) in [7, 11) is 0. The topological polar surface area (TPSA) is 80.4 Å². The number of Topliss-reactive ketones (excluding diaryl/α,β-unsaturated/α-hetero) is 1. The third-order valence-electron chi connectivity index (χ3n) is 3.28. The lowest BCUT2D eigenvalue weighted by atomic mass is 10.1. The van der Waals surface area contributed by atoms with Crippen molar-refractivity contribution in [2.24, 2.45) is 11.8 Å². The van der Waals surface area contributed by atoms with E-state index in [9.17, 15) is 9.59 Å². The van der Waals surface area contributed by atoms with Crippen molar-refractivity contribution in [2.75, 3.05) is 0 Å². The first kappa shape index (κ1) is 12.2. The Kier molecular flexibility index (Phi) is 2.60. The third-order valence-corrected chi connectivity index (χ3v) is 3.56. The molecule has 1 aliphatic rings. The predicted molar refractivity (Wildman–Crippen MR) is 67.3 cm³/mol. The number of aryl methyl sites for hydroxylation is 1. The van der Waals surface area contributed by atoms with Crippen LogP contribution >= 0.6 is 11.6 Å². The Balaban J connectivity index is 1.97. The van der Waals surface area contributed by atoms with Gasteiger partial charge < -0.3 is 9.52 Å². The number of fused-ring (bicyclic) bond motifs is 1. The minimum atomic E-state index is -0.928. The summed E-state index contributed by atoms with van der Waals surface area (Å²) in [6.07, 6.45) is 0.391. The zero-order valence-corrected chi connectivity index (χ0v) is 10.8. The van der Waals surface area contributed by atoms with E-state index in [4.69, 9.17) is 21.1 Å². The molecule has 0 aliphatic heterocycles. The molecule has 3 rings (SSSR count). The number of aliphatic carboxylic acids is 1. The maximum absolute atomic E-state index is 12.1. The molecule has 1 heterocycles. The Morgan fingerprint density at radius 2 is 2.16 bits per heavy atom. The summed E-state index contributed by atoms with van der Waals surface area (Å²) < 4.78 is 5.32. The molecule has 0 bridgehead atoms. The van der Waals surface area contributed by atoms with Gasteiger partial charge in [0.1, 0.15) is 5.52 Å². The molecule has 2 atom stereocenters. The van der Waals surface area contributed by atoms with Gasteiger partial charge in [0.25, 0.3) is 0 Å². The van der Waals surface area contributed by atoms with Crippen molar-refractivity contribution < 1.29 is 19.1 Å². The molecule has 0 radical (unpaired) electrons. The number of hydrogen-bond donors (Lipinski definition) is 1. The number of aromatic nitrogens is 1. The van der Waals surface area contributed by atoms with Gasteiger partial charge in [0.15, 0.2) is 17.3 Å². The van der Waals surface area contributed by atoms with Gasteiger partial charge in [0.05, 0.1) is 10.9 Å². The highest BCUT2D eigenvalue weighted by Gasteiger charge is 2.48. The molecule has 1 aliphatic carbocycles. The van der Waals surface area contributed by atoms with Crippen molar-refractivity contribution in [1.29, 1.82) is 0 Å². The molecule has 0 spiro atoms. The Hall–Kier alpha value is -1.88. The predicted octanol–water partition coefficient (Wildman–Crippen LogP) is 2.69. The second kappa shape index (κ2) is 4.06. The third kappa shape index (κ3) is 2.00. The van der Waals surface area contributed by atoms with E-state index in [-0.39, 0.29) is 5.78 Å². The molecule has 0 unspecified atom stereocenters. The van der Waals surface area contributed by atoms with Gasteiger partial charge >= 0.3 is 5.97 Å². The highest BCUT2D eigenvalue weighted by Crippen LogP contribution is 2.41. The number of hydrogen-bond acceptors (Lipinski definition) is 4. The normalized spacial score (nSPS) is 21.6. The number of ketones is 1. The smallest absolute Gasteiger partial charge is 0.307 e. The summed E-state index contributed by atoms with van der Waals surface area (Å²) in [5.41, 5.74) is 1.35. The molecule has 19 heavy (non-hydrogen) atoms. The average Bonchev–Trinajstić information content (AvgIpc) is 3.05. The number of carbonyl (C=O) groups is 2. The molecule has 1 aromatic carbocycles. The van der Waals surface area contributed by atoms with Crippen molar-refractivity contribution in [2.45, 2.75) is 13.3 Å². The molecule has 1 fully saturated rings. The highest BCUT2D eigenvalue weighted by molar-refractivity contribution is 6.35. The van der Waals surface area contributed by atoms with E-state index < -0.39 is 17.8 Å². The first-order chi connectivity index (χ1) is 8.97. The van der Waals surface area contributed by atoms with Gasteiger partial charge in [0.2, 0.25) is 0 Å². The second-order valence-corrected chi connectivity index (χ2v) is 5.10. The number of carboxylic acid groups (broad SMARTS) is 1. The molecule has 6 heteroatoms. The van der Waals surface area contributed by atoms with Crippen LogP contribution in [-0.4, -0.2) is 21.8 Å². The SMILES string of the molecule is Cc1nc2cc(C(=O)[C@H]3C[C@@H]3C(=O)O)cc(Cl)c2o1. The largest absolute Gasteiger partial charge is 0.481 e. The first-order valence-electron chi connectivity index (χ1n) is 5.81. The molecule has 1 aromatic heterocycles. The summed E-state index contributed by atoms with van der Waals surface area (Å²) in [4.78, 5) is 27.1. The van der Waals surface area contributed by atoms with Gasteiger partial charge in [-0.05, 0) is 18.6 Å². The first-order valence-corrected chi connectivity index (χ1v) is 6.19. The summed E-state index contributed by atoms with van der Waals surface area (Å²) in [5, 5.41) is 9.16. The maximum Gasteiger partial charge on any atom is 0.307 e. The zero-order valence-electron chi connectivity index (χ0n) is 10.0. The average molecular weight is 280 g/mol. The Morgan fingerprint density at radius 1 is 1.42 bits per heavy atom. The van der Waals surface area contributed by atoms with Crippen LogP contribution < -0.4 is 0 Å². The summed E-state index contributed by atoms with van der Waals surface area (Å²) in [6.45, 7) is 1.69. The van der Waals surface area contributed by atoms with Crippen LogP contribution in [0.1, 0.15) is 22.7 Å². The van der Waals surface area contributed by atoms with Crippen molar-refractivity contribution >= 4 is 34.5 Å². The van der Waals surface area contributed by atoms with Crippen LogP contribution in [0.3, 0.4) is 0 Å². The number of carbonyl (C=O) groups excluding carboxylic acids is 1. The lowest BCUT2D eigenvalue weighted by molar-refractivity contribution is -0.138. The standard InChI is InChI=1S/C13H10ClNO4/c1-5-15-10-3-6(2-9(14)12(10)19-5)11(16)7-4-8(7)13(17)18/h2-3,7-8H,4H2,1H3,(H,17,18)/t7-,8-/m0/s1. The molecule has 1 N–H and O–H groups in total. The minimum Gasteiger partial charge on any atom is -0.481 e. The van der Waals surface area contributed by atoms with Crippen LogP contribution in [0, 0.1) is 18.8 Å². The summed E-state index contributed by atoms with van der Waals surface area (Å²) >= 11 is 6.04. The fourth-order valence-electron chi connectivity index (χ4n) is 2.22. The van der Waals surface area contributed by atoms with Crippen LogP contribution in [0.5, 0.6) is 0 Å². The minimum absolute atomic E-state index is 0.197. The lowest BCUT2D eigenvalue weighted by Crippen LogP contribution is -2.08. The lowest BCUT2D eigenvalue weighted by Gasteiger charge is -2.00. The van der Waals surface area contributed by atoms with Crippen LogP contribution in [0.15, 0.2) is 16.5 Å². The van der Waals surface area contributed by atoms with Crippen molar-refractivity contribution in [3.05, 3.63) is 28.6 Å². The quantitative estimate of drug-likeness (QED) is 0.874. The molecule has 98 valence electrons. The number of rotatable bonds is 3.